The van der Waals surface area contributed by atoms with Crippen molar-refractivity contribution in [2.75, 3.05) is 13.1 Å². The van der Waals surface area contributed by atoms with E-state index in [9.17, 15) is 18.0 Å². The van der Waals surface area contributed by atoms with E-state index in [4.69, 9.17) is 14.6 Å². The predicted octanol–water partition coefficient (Wildman–Crippen LogP) is 3.88. The molecule has 10 heteroatoms. The smallest absolute Gasteiger partial charge is 0.489 e. The van der Waals surface area contributed by atoms with E-state index in [1.165, 1.54) is 0 Å². The third kappa shape index (κ3) is 5.74. The van der Waals surface area contributed by atoms with Crippen LogP contribution in [0.3, 0.4) is 0 Å². The minimum Gasteiger partial charge on any atom is -0.489 e. The number of nitrogens with zero attached hydrogens (tertiary/aromatic N) is 2. The Labute approximate surface area is 175 Å². The molecule has 4 rings (SSSR count). The number of ether oxygens (including phenoxy) is 1. The first kappa shape index (κ1) is 22.1. The lowest BCUT2D eigenvalue weighted by atomic mass is 10.1. The van der Waals surface area contributed by atoms with Crippen LogP contribution in [0.5, 0.6) is 5.75 Å². The zero-order valence-electron chi connectivity index (χ0n) is 16.3. The number of aromatic nitrogens is 2. The maximum atomic E-state index is 12.8. The van der Waals surface area contributed by atoms with Gasteiger partial charge in [0.1, 0.15) is 11.9 Å². The maximum Gasteiger partial charge on any atom is 0.490 e. The number of halogens is 3. The van der Waals surface area contributed by atoms with Gasteiger partial charge >= 0.3 is 12.1 Å². The molecular formula is C21H20F3N3O4. The molecule has 0 spiro atoms. The molecule has 0 saturated carbocycles. The number of carbonyl (C=O) groups excluding carboxylic acids is 1. The number of carbonyl (C=O) groups is 2. The summed E-state index contributed by atoms with van der Waals surface area (Å²) in [7, 11) is 0. The summed E-state index contributed by atoms with van der Waals surface area (Å²) in [6.45, 7) is 1.42. The van der Waals surface area contributed by atoms with Gasteiger partial charge in [0, 0.05) is 49.2 Å². The summed E-state index contributed by atoms with van der Waals surface area (Å²) < 4.78 is 37.7. The molecule has 3 aromatic rings. The Kier molecular flexibility index (Phi) is 6.78. The number of rotatable bonds is 3. The van der Waals surface area contributed by atoms with Crippen molar-refractivity contribution >= 4 is 22.8 Å². The van der Waals surface area contributed by atoms with Gasteiger partial charge < -0.3 is 19.7 Å². The summed E-state index contributed by atoms with van der Waals surface area (Å²) in [6.07, 6.45) is 2.00. The van der Waals surface area contributed by atoms with Crippen LogP contribution < -0.4 is 4.74 Å². The molecule has 1 aliphatic heterocycles. The number of likely N-dealkylation sites (tertiary alicyclic amines) is 1. The number of carboxylic acids is 1. The minimum atomic E-state index is -5.08. The van der Waals surface area contributed by atoms with Gasteiger partial charge in [-0.3, -0.25) is 9.78 Å². The van der Waals surface area contributed by atoms with Crippen LogP contribution in [0.15, 0.2) is 55.0 Å². The van der Waals surface area contributed by atoms with Crippen LogP contribution in [0.1, 0.15) is 23.2 Å². The normalized spacial score (nSPS) is 14.6. The number of piperidine rings is 1. The second kappa shape index (κ2) is 9.50. The number of amides is 1. The first-order chi connectivity index (χ1) is 14.8. The zero-order chi connectivity index (χ0) is 22.4. The average Bonchev–Trinajstić information content (AvgIpc) is 3.18. The quantitative estimate of drug-likeness (QED) is 0.651. The van der Waals surface area contributed by atoms with Crippen molar-refractivity contribution in [1.29, 1.82) is 0 Å². The van der Waals surface area contributed by atoms with E-state index in [0.717, 1.165) is 35.1 Å². The summed E-state index contributed by atoms with van der Waals surface area (Å²) in [4.78, 5) is 30.8. The van der Waals surface area contributed by atoms with E-state index in [2.05, 4.69) is 9.97 Å². The highest BCUT2D eigenvalue weighted by atomic mass is 19.4. The molecule has 0 radical (unpaired) electrons. The molecule has 1 amide bonds. The maximum absolute atomic E-state index is 12.8. The number of aliphatic carboxylic acids is 1. The Balaban J connectivity index is 0.000000339. The number of alkyl halides is 3. The number of hydrogen-bond acceptors (Lipinski definition) is 4. The number of H-pyrrole nitrogens is 1. The Morgan fingerprint density at radius 2 is 1.81 bits per heavy atom. The predicted molar refractivity (Wildman–Crippen MR) is 106 cm³/mol. The number of fused-ring (bicyclic) bond motifs is 1. The van der Waals surface area contributed by atoms with Crippen LogP contribution in [0.4, 0.5) is 13.2 Å². The molecule has 3 heterocycles. The summed E-state index contributed by atoms with van der Waals surface area (Å²) in [5.41, 5.74) is 1.74. The van der Waals surface area contributed by atoms with Crippen molar-refractivity contribution in [3.63, 3.8) is 0 Å². The molecule has 0 bridgehead atoms. The third-order valence-corrected chi connectivity index (χ3v) is 4.73. The standard InChI is InChI=1S/C19H19N3O2.C2HF3O2/c23-19(17-13-21-18-6-2-1-5-16(17)18)22-10-7-14(8-11-22)24-15-4-3-9-20-12-15;3-2(4,5)1(6)7/h1-6,9,12-14,21H,7-8,10-11H2;(H,6,7). The fraction of sp³-hybridized carbons (Fsp3) is 0.286. The van der Waals surface area contributed by atoms with Crippen molar-refractivity contribution in [2.24, 2.45) is 0 Å². The largest absolute Gasteiger partial charge is 0.490 e. The van der Waals surface area contributed by atoms with Gasteiger partial charge in [0.2, 0.25) is 0 Å². The van der Waals surface area contributed by atoms with Crippen LogP contribution in [-0.2, 0) is 4.79 Å². The zero-order valence-corrected chi connectivity index (χ0v) is 16.3. The molecule has 1 fully saturated rings. The first-order valence-electron chi connectivity index (χ1n) is 9.48. The highest BCUT2D eigenvalue weighted by molar-refractivity contribution is 6.06. The van der Waals surface area contributed by atoms with Crippen LogP contribution in [-0.4, -0.2) is 57.2 Å². The number of para-hydroxylation sites is 1. The van der Waals surface area contributed by atoms with Crippen molar-refractivity contribution in [1.82, 2.24) is 14.9 Å². The van der Waals surface area contributed by atoms with Gasteiger partial charge in [0.25, 0.3) is 5.91 Å². The molecule has 2 aromatic heterocycles. The molecule has 0 unspecified atom stereocenters. The SMILES string of the molecule is O=C(O)C(F)(F)F.O=C(c1c[nH]c2ccccc12)N1CCC(Oc2cccnc2)CC1. The number of benzene rings is 1. The highest BCUT2D eigenvalue weighted by Crippen LogP contribution is 2.23. The van der Waals surface area contributed by atoms with Gasteiger partial charge in [0.05, 0.1) is 11.8 Å². The lowest BCUT2D eigenvalue weighted by molar-refractivity contribution is -0.192. The Morgan fingerprint density at radius 1 is 1.13 bits per heavy atom. The van der Waals surface area contributed by atoms with E-state index in [-0.39, 0.29) is 12.0 Å². The number of hydrogen-bond donors (Lipinski definition) is 2. The fourth-order valence-electron chi connectivity index (χ4n) is 3.20. The summed E-state index contributed by atoms with van der Waals surface area (Å²) >= 11 is 0. The Morgan fingerprint density at radius 3 is 2.42 bits per heavy atom. The molecule has 1 saturated heterocycles. The van der Waals surface area contributed by atoms with E-state index >= 15 is 0 Å². The van der Waals surface area contributed by atoms with Gasteiger partial charge in [0.15, 0.2) is 0 Å². The summed E-state index contributed by atoms with van der Waals surface area (Å²) in [5, 5.41) is 8.11. The van der Waals surface area contributed by atoms with Crippen molar-refractivity contribution in [2.45, 2.75) is 25.1 Å². The molecule has 7 nitrogen and oxygen atoms in total. The average molecular weight is 435 g/mol. The highest BCUT2D eigenvalue weighted by Gasteiger charge is 2.38. The molecule has 2 N–H and O–H groups in total. The molecule has 1 aromatic carbocycles. The number of aromatic amines is 1. The monoisotopic (exact) mass is 435 g/mol. The first-order valence-corrected chi connectivity index (χ1v) is 9.48. The van der Waals surface area contributed by atoms with Crippen LogP contribution in [0.25, 0.3) is 10.9 Å². The summed E-state index contributed by atoms with van der Waals surface area (Å²) in [5.74, 6) is -1.88. The third-order valence-electron chi connectivity index (χ3n) is 4.73. The summed E-state index contributed by atoms with van der Waals surface area (Å²) in [6, 6.07) is 11.7. The molecule has 164 valence electrons. The molecular weight excluding hydrogens is 415 g/mol. The number of pyridine rings is 1. The van der Waals surface area contributed by atoms with Gasteiger partial charge in [-0.1, -0.05) is 18.2 Å². The molecule has 1 aliphatic rings. The van der Waals surface area contributed by atoms with Crippen LogP contribution in [0.2, 0.25) is 0 Å². The second-order valence-corrected chi connectivity index (χ2v) is 6.85. The van der Waals surface area contributed by atoms with Crippen LogP contribution in [0, 0.1) is 0 Å². The number of nitrogens with one attached hydrogen (secondary N) is 1. The Bertz CT molecular complexity index is 1030. The van der Waals surface area contributed by atoms with Gasteiger partial charge in [-0.2, -0.15) is 13.2 Å². The van der Waals surface area contributed by atoms with Gasteiger partial charge in [-0.05, 0) is 18.2 Å². The van der Waals surface area contributed by atoms with Gasteiger partial charge in [-0.25, -0.2) is 4.79 Å². The lowest BCUT2D eigenvalue weighted by Gasteiger charge is -2.32. The lowest BCUT2D eigenvalue weighted by Crippen LogP contribution is -2.41. The topological polar surface area (TPSA) is 95.5 Å². The molecule has 0 aliphatic carbocycles. The van der Waals surface area contributed by atoms with Gasteiger partial charge in [-0.15, -0.1) is 0 Å². The van der Waals surface area contributed by atoms with E-state index < -0.39 is 12.1 Å². The number of carboxylic acid groups (broad SMARTS) is 1. The fourth-order valence-corrected chi connectivity index (χ4v) is 3.20. The minimum absolute atomic E-state index is 0.0901. The van der Waals surface area contributed by atoms with Crippen molar-refractivity contribution in [3.8, 4) is 5.75 Å². The molecule has 0 atom stereocenters. The molecule has 31 heavy (non-hydrogen) atoms. The van der Waals surface area contributed by atoms with E-state index in [1.54, 1.807) is 12.4 Å². The van der Waals surface area contributed by atoms with E-state index in [1.807, 2.05) is 47.5 Å². The van der Waals surface area contributed by atoms with Crippen molar-refractivity contribution < 1.29 is 32.6 Å². The van der Waals surface area contributed by atoms with Crippen molar-refractivity contribution in [3.05, 3.63) is 60.6 Å². The second-order valence-electron chi connectivity index (χ2n) is 6.85. The van der Waals surface area contributed by atoms with E-state index in [0.29, 0.717) is 13.1 Å². The Hall–Kier alpha value is -3.56. The van der Waals surface area contributed by atoms with Crippen LogP contribution >= 0.6 is 0 Å².